The number of pyridine rings is 2. The number of nitrogens with zero attached hydrogens (tertiary/aromatic N) is 5. The normalized spacial score (nSPS) is 10.7. The lowest BCUT2D eigenvalue weighted by Gasteiger charge is -2.13. The van der Waals surface area contributed by atoms with Gasteiger partial charge in [-0.15, -0.1) is 10.2 Å². The summed E-state index contributed by atoms with van der Waals surface area (Å²) in [6.07, 6.45) is 4.99. The molecule has 150 valence electrons. The molecule has 3 heterocycles. The number of aryl methyl sites for hydroxylation is 1. The highest BCUT2D eigenvalue weighted by Gasteiger charge is 2.18. The van der Waals surface area contributed by atoms with Crippen LogP contribution in [0, 0.1) is 6.92 Å². The molecular weight excluding hydrogens is 420 g/mol. The van der Waals surface area contributed by atoms with E-state index in [2.05, 4.69) is 25.5 Å². The third kappa shape index (κ3) is 4.34. The topological polar surface area (TPSA) is 85.6 Å². The number of amides is 1. The van der Waals surface area contributed by atoms with Crippen molar-refractivity contribution in [3.63, 3.8) is 0 Å². The molecule has 0 atom stereocenters. The van der Waals surface area contributed by atoms with Gasteiger partial charge < -0.3 is 5.32 Å². The van der Waals surface area contributed by atoms with Gasteiger partial charge in [0.05, 0.1) is 17.1 Å². The van der Waals surface area contributed by atoms with Crippen molar-refractivity contribution in [2.24, 2.45) is 0 Å². The largest absolute Gasteiger partial charge is 0.323 e. The minimum Gasteiger partial charge on any atom is -0.323 e. The van der Waals surface area contributed by atoms with Crippen LogP contribution in [0.1, 0.15) is 5.56 Å². The minimum absolute atomic E-state index is 0.144. The van der Waals surface area contributed by atoms with Gasteiger partial charge in [0, 0.05) is 24.2 Å². The van der Waals surface area contributed by atoms with E-state index in [1.807, 2.05) is 47.9 Å². The van der Waals surface area contributed by atoms with Gasteiger partial charge in [-0.05, 0) is 42.8 Å². The number of rotatable bonds is 6. The maximum absolute atomic E-state index is 12.4. The third-order valence-electron chi connectivity index (χ3n) is 4.29. The second-order valence-corrected chi connectivity index (χ2v) is 7.64. The number of aromatic nitrogens is 5. The first-order valence-corrected chi connectivity index (χ1v) is 10.4. The first-order valence-electron chi connectivity index (χ1n) is 9.08. The molecule has 9 heteroatoms. The molecule has 0 fully saturated rings. The number of carbonyl (C=O) groups excluding carboxylic acids is 1. The highest BCUT2D eigenvalue weighted by molar-refractivity contribution is 7.99. The predicted octanol–water partition coefficient (Wildman–Crippen LogP) is 4.42. The molecule has 0 spiro atoms. The van der Waals surface area contributed by atoms with Gasteiger partial charge in [0.25, 0.3) is 0 Å². The Morgan fingerprint density at radius 1 is 1.07 bits per heavy atom. The SMILES string of the molecule is Cc1ccccc1-n1c(SCC(=O)Nc2cccnc2Cl)nnc1-c1ccncc1. The van der Waals surface area contributed by atoms with E-state index in [1.165, 1.54) is 11.8 Å². The van der Waals surface area contributed by atoms with E-state index in [4.69, 9.17) is 11.6 Å². The summed E-state index contributed by atoms with van der Waals surface area (Å²) in [5.74, 6) is 0.621. The van der Waals surface area contributed by atoms with E-state index in [0.717, 1.165) is 16.8 Å². The molecule has 4 aromatic rings. The number of anilines is 1. The van der Waals surface area contributed by atoms with Gasteiger partial charge >= 0.3 is 0 Å². The Hall–Kier alpha value is -3.23. The molecule has 7 nitrogen and oxygen atoms in total. The standard InChI is InChI=1S/C21H17ClN6OS/c1-14-5-2-3-7-17(14)28-20(15-8-11-23-12-9-15)26-27-21(28)30-13-18(29)25-16-6-4-10-24-19(16)22/h2-12H,13H2,1H3,(H,25,29). The summed E-state index contributed by atoms with van der Waals surface area (Å²) in [7, 11) is 0. The Morgan fingerprint density at radius 2 is 1.87 bits per heavy atom. The average molecular weight is 437 g/mol. The molecule has 0 aliphatic heterocycles. The van der Waals surface area contributed by atoms with Crippen molar-refractivity contribution in [1.82, 2.24) is 24.7 Å². The number of carbonyl (C=O) groups is 1. The molecule has 1 amide bonds. The smallest absolute Gasteiger partial charge is 0.234 e. The van der Waals surface area contributed by atoms with E-state index >= 15 is 0 Å². The van der Waals surface area contributed by atoms with Crippen LogP contribution in [-0.4, -0.2) is 36.4 Å². The molecule has 0 aliphatic carbocycles. The van der Waals surface area contributed by atoms with Crippen molar-refractivity contribution in [2.75, 3.05) is 11.1 Å². The van der Waals surface area contributed by atoms with Gasteiger partial charge in [-0.2, -0.15) is 0 Å². The highest BCUT2D eigenvalue weighted by atomic mass is 35.5. The Balaban J connectivity index is 1.62. The third-order valence-corrected chi connectivity index (χ3v) is 5.52. The molecule has 3 aromatic heterocycles. The fraction of sp³-hybridized carbons (Fsp3) is 0.0952. The second kappa shape index (κ2) is 9.06. The first-order chi connectivity index (χ1) is 14.6. The summed E-state index contributed by atoms with van der Waals surface area (Å²) in [6, 6.07) is 15.1. The first kappa shape index (κ1) is 20.1. The summed E-state index contributed by atoms with van der Waals surface area (Å²) < 4.78 is 1.96. The zero-order valence-electron chi connectivity index (χ0n) is 16.0. The summed E-state index contributed by atoms with van der Waals surface area (Å²) in [5.41, 5.74) is 3.38. The molecule has 1 N–H and O–H groups in total. The number of nitrogens with one attached hydrogen (secondary N) is 1. The van der Waals surface area contributed by atoms with Crippen molar-refractivity contribution in [3.05, 3.63) is 77.8 Å². The van der Waals surface area contributed by atoms with Gasteiger partial charge in [-0.25, -0.2) is 4.98 Å². The molecule has 0 unspecified atom stereocenters. The Kier molecular flexibility index (Phi) is 6.06. The molecule has 30 heavy (non-hydrogen) atoms. The Morgan fingerprint density at radius 3 is 2.63 bits per heavy atom. The molecule has 0 bridgehead atoms. The lowest BCUT2D eigenvalue weighted by molar-refractivity contribution is -0.113. The fourth-order valence-electron chi connectivity index (χ4n) is 2.88. The Bertz CT molecular complexity index is 1180. The Labute approximate surface area is 182 Å². The number of benzene rings is 1. The van der Waals surface area contributed by atoms with Crippen molar-refractivity contribution in [1.29, 1.82) is 0 Å². The zero-order chi connectivity index (χ0) is 20.9. The predicted molar refractivity (Wildman–Crippen MR) is 118 cm³/mol. The van der Waals surface area contributed by atoms with Crippen LogP contribution in [0.5, 0.6) is 0 Å². The lowest BCUT2D eigenvalue weighted by Crippen LogP contribution is -2.15. The molecule has 1 aromatic carbocycles. The number of hydrogen-bond acceptors (Lipinski definition) is 6. The number of thioether (sulfide) groups is 1. The van der Waals surface area contributed by atoms with Crippen LogP contribution < -0.4 is 5.32 Å². The monoisotopic (exact) mass is 436 g/mol. The van der Waals surface area contributed by atoms with E-state index in [0.29, 0.717) is 16.7 Å². The number of hydrogen-bond donors (Lipinski definition) is 1. The van der Waals surface area contributed by atoms with Gasteiger partial charge in [0.2, 0.25) is 5.91 Å². The van der Waals surface area contributed by atoms with E-state index < -0.39 is 0 Å². The van der Waals surface area contributed by atoms with E-state index in [1.54, 1.807) is 30.7 Å². The maximum atomic E-state index is 12.4. The minimum atomic E-state index is -0.209. The molecule has 4 rings (SSSR count). The van der Waals surface area contributed by atoms with Crippen molar-refractivity contribution < 1.29 is 4.79 Å². The molecular formula is C21H17ClN6OS. The van der Waals surface area contributed by atoms with Crippen LogP contribution in [0.4, 0.5) is 5.69 Å². The summed E-state index contributed by atoms with van der Waals surface area (Å²) in [5, 5.41) is 12.4. The van der Waals surface area contributed by atoms with E-state index in [-0.39, 0.29) is 16.8 Å². The lowest BCUT2D eigenvalue weighted by atomic mass is 10.2. The average Bonchev–Trinajstić information content (AvgIpc) is 3.18. The second-order valence-electron chi connectivity index (χ2n) is 6.34. The zero-order valence-corrected chi connectivity index (χ0v) is 17.6. The molecule has 0 aliphatic rings. The van der Waals surface area contributed by atoms with Gasteiger partial charge in [0.15, 0.2) is 16.1 Å². The maximum Gasteiger partial charge on any atom is 0.234 e. The number of para-hydroxylation sites is 1. The van der Waals surface area contributed by atoms with Crippen LogP contribution in [0.2, 0.25) is 5.15 Å². The van der Waals surface area contributed by atoms with Gasteiger partial charge in [0.1, 0.15) is 0 Å². The van der Waals surface area contributed by atoms with Crippen molar-refractivity contribution >= 4 is 35.0 Å². The van der Waals surface area contributed by atoms with Crippen molar-refractivity contribution in [3.8, 4) is 17.1 Å². The number of halogens is 1. The molecule has 0 saturated carbocycles. The van der Waals surface area contributed by atoms with Crippen LogP contribution >= 0.6 is 23.4 Å². The van der Waals surface area contributed by atoms with Gasteiger partial charge in [-0.3, -0.25) is 14.3 Å². The van der Waals surface area contributed by atoms with Crippen LogP contribution in [0.15, 0.2) is 72.3 Å². The molecule has 0 radical (unpaired) electrons. The molecule has 0 saturated heterocycles. The van der Waals surface area contributed by atoms with Crippen LogP contribution in [-0.2, 0) is 4.79 Å². The fourth-order valence-corrected chi connectivity index (χ4v) is 3.79. The summed E-state index contributed by atoms with van der Waals surface area (Å²) in [6.45, 7) is 2.03. The van der Waals surface area contributed by atoms with Crippen LogP contribution in [0.25, 0.3) is 17.1 Å². The van der Waals surface area contributed by atoms with Gasteiger partial charge in [-0.1, -0.05) is 41.6 Å². The highest BCUT2D eigenvalue weighted by Crippen LogP contribution is 2.29. The van der Waals surface area contributed by atoms with E-state index in [9.17, 15) is 4.79 Å². The van der Waals surface area contributed by atoms with Crippen LogP contribution in [0.3, 0.4) is 0 Å². The summed E-state index contributed by atoms with van der Waals surface area (Å²) in [4.78, 5) is 20.5. The van der Waals surface area contributed by atoms with Crippen molar-refractivity contribution in [2.45, 2.75) is 12.1 Å². The summed E-state index contributed by atoms with van der Waals surface area (Å²) >= 11 is 7.31. The quantitative estimate of drug-likeness (QED) is 0.356.